The van der Waals surface area contributed by atoms with Gasteiger partial charge in [-0.25, -0.2) is 26.7 Å². The molecule has 1 aromatic carbocycles. The van der Waals surface area contributed by atoms with Crippen LogP contribution in [0.3, 0.4) is 0 Å². The quantitative estimate of drug-likeness (QED) is 0.281. The summed E-state index contributed by atoms with van der Waals surface area (Å²) in [6.45, 7) is -0.665. The second kappa shape index (κ2) is 5.71. The highest BCUT2D eigenvalue weighted by molar-refractivity contribution is 6.44. The zero-order valence-corrected chi connectivity index (χ0v) is 9.76. The van der Waals surface area contributed by atoms with Crippen LogP contribution < -0.4 is 0 Å². The van der Waals surface area contributed by atoms with Gasteiger partial charge in [0, 0.05) is 0 Å². The van der Waals surface area contributed by atoms with E-state index in [-0.39, 0.29) is 0 Å². The molecule has 0 spiro atoms. The number of ether oxygens (including phenoxy) is 1. The van der Waals surface area contributed by atoms with Gasteiger partial charge in [0.15, 0.2) is 23.3 Å². The first kappa shape index (κ1) is 15.0. The van der Waals surface area contributed by atoms with Crippen LogP contribution in [0, 0.1) is 29.1 Å². The Morgan fingerprint density at radius 3 is 1.72 bits per heavy atom. The van der Waals surface area contributed by atoms with Crippen molar-refractivity contribution in [3.63, 3.8) is 0 Å². The van der Waals surface area contributed by atoms with Crippen molar-refractivity contribution in [2.24, 2.45) is 0 Å². The molecular formula is C9H3Cl2F5O2. The van der Waals surface area contributed by atoms with Crippen molar-refractivity contribution in [1.82, 2.24) is 0 Å². The number of hydrogen-bond donors (Lipinski definition) is 0. The van der Waals surface area contributed by atoms with E-state index in [0.29, 0.717) is 0 Å². The van der Waals surface area contributed by atoms with Crippen LogP contribution in [-0.4, -0.2) is 17.4 Å². The van der Waals surface area contributed by atoms with Crippen LogP contribution in [0.25, 0.3) is 0 Å². The number of hydrogen-bond acceptors (Lipinski definition) is 2. The van der Waals surface area contributed by atoms with E-state index in [2.05, 4.69) is 4.74 Å². The third-order valence-corrected chi connectivity index (χ3v) is 2.01. The summed E-state index contributed by atoms with van der Waals surface area (Å²) in [5.41, 5.74) is -1.69. The molecule has 18 heavy (non-hydrogen) atoms. The summed E-state index contributed by atoms with van der Waals surface area (Å²) >= 11 is 10.3. The largest absolute Gasteiger partial charge is 0.459 e. The van der Waals surface area contributed by atoms with Crippen LogP contribution in [0.4, 0.5) is 22.0 Å². The number of alkyl halides is 2. The smallest absolute Gasteiger partial charge is 0.344 e. The summed E-state index contributed by atoms with van der Waals surface area (Å²) in [5, 5.41) is 0. The lowest BCUT2D eigenvalue weighted by atomic mass is 10.1. The van der Waals surface area contributed by atoms with Crippen molar-refractivity contribution < 1.29 is 31.5 Å². The van der Waals surface area contributed by atoms with Gasteiger partial charge in [-0.05, 0) is 0 Å². The average Bonchev–Trinajstić information content (AvgIpc) is 2.31. The van der Waals surface area contributed by atoms with Crippen LogP contribution in [0.5, 0.6) is 0 Å². The van der Waals surface area contributed by atoms with E-state index >= 15 is 0 Å². The van der Waals surface area contributed by atoms with E-state index in [1.165, 1.54) is 0 Å². The Morgan fingerprint density at radius 1 is 0.944 bits per heavy atom. The minimum absolute atomic E-state index is 0.665. The molecule has 0 unspecified atom stereocenters. The Labute approximate surface area is 107 Å². The highest BCUT2D eigenvalue weighted by atomic mass is 35.5. The lowest BCUT2D eigenvalue weighted by Crippen LogP contribution is -2.17. The van der Waals surface area contributed by atoms with Gasteiger partial charge >= 0.3 is 5.97 Å². The first-order valence-electron chi connectivity index (χ1n) is 4.24. The molecule has 0 saturated carbocycles. The molecular weight excluding hydrogens is 306 g/mol. The molecule has 0 aliphatic rings. The molecule has 0 atom stereocenters. The molecule has 100 valence electrons. The maximum absolute atomic E-state index is 13.1. The maximum Gasteiger partial charge on any atom is 0.344 e. The number of halogens is 7. The number of rotatable bonds is 3. The first-order chi connectivity index (χ1) is 8.27. The fourth-order valence-corrected chi connectivity index (χ4v) is 1.12. The van der Waals surface area contributed by atoms with Gasteiger partial charge in [0.05, 0.1) is 0 Å². The van der Waals surface area contributed by atoms with Crippen molar-refractivity contribution in [2.45, 2.75) is 4.84 Å². The summed E-state index contributed by atoms with van der Waals surface area (Å²) in [7, 11) is 0. The Morgan fingerprint density at radius 2 is 1.33 bits per heavy atom. The molecule has 0 heterocycles. The van der Waals surface area contributed by atoms with Crippen molar-refractivity contribution in [3.8, 4) is 0 Å². The Bertz CT molecular complexity index is 463. The molecule has 0 N–H and O–H groups in total. The van der Waals surface area contributed by atoms with E-state index in [0.717, 1.165) is 0 Å². The number of benzene rings is 1. The first-order valence-corrected chi connectivity index (χ1v) is 5.11. The normalized spacial score (nSPS) is 10.9. The monoisotopic (exact) mass is 308 g/mol. The van der Waals surface area contributed by atoms with Crippen molar-refractivity contribution >= 4 is 29.2 Å². The van der Waals surface area contributed by atoms with Gasteiger partial charge in [-0.15, -0.1) is 23.2 Å². The van der Waals surface area contributed by atoms with Crippen LogP contribution >= 0.6 is 23.2 Å². The van der Waals surface area contributed by atoms with Crippen LogP contribution in [0.2, 0.25) is 0 Å². The SMILES string of the molecule is O=C(OCC(Cl)Cl)c1c(F)c(F)c(F)c(F)c1F. The van der Waals surface area contributed by atoms with Gasteiger partial charge < -0.3 is 4.74 Å². The van der Waals surface area contributed by atoms with Gasteiger partial charge in [0.2, 0.25) is 5.82 Å². The molecule has 0 saturated heterocycles. The molecule has 0 amide bonds. The summed E-state index contributed by atoms with van der Waals surface area (Å²) in [4.78, 5) is 9.93. The Balaban J connectivity index is 3.21. The fourth-order valence-electron chi connectivity index (χ4n) is 0.995. The summed E-state index contributed by atoms with van der Waals surface area (Å²) in [5.74, 6) is -13.2. The molecule has 9 heteroatoms. The minimum Gasteiger partial charge on any atom is -0.459 e. The summed E-state index contributed by atoms with van der Waals surface area (Å²) in [6, 6.07) is 0. The predicted molar refractivity (Wildman–Crippen MR) is 52.0 cm³/mol. The average molecular weight is 309 g/mol. The van der Waals surface area contributed by atoms with Gasteiger partial charge in [-0.1, -0.05) is 0 Å². The van der Waals surface area contributed by atoms with E-state index in [4.69, 9.17) is 23.2 Å². The van der Waals surface area contributed by atoms with Gasteiger partial charge in [-0.2, -0.15) is 0 Å². The third-order valence-electron chi connectivity index (χ3n) is 1.75. The third kappa shape index (κ3) is 2.84. The molecule has 1 rings (SSSR count). The van der Waals surface area contributed by atoms with E-state index < -0.39 is 52.1 Å². The molecule has 0 aliphatic carbocycles. The Kier molecular flexibility index (Phi) is 4.75. The molecule has 0 aliphatic heterocycles. The zero-order chi connectivity index (χ0) is 14.0. The summed E-state index contributed by atoms with van der Waals surface area (Å²) < 4.78 is 68.5. The predicted octanol–water partition coefficient (Wildman–Crippen LogP) is 3.34. The van der Waals surface area contributed by atoms with Crippen LogP contribution in [0.1, 0.15) is 10.4 Å². The zero-order valence-electron chi connectivity index (χ0n) is 8.25. The minimum atomic E-state index is -2.37. The molecule has 0 fully saturated rings. The topological polar surface area (TPSA) is 26.3 Å². The van der Waals surface area contributed by atoms with Crippen LogP contribution in [-0.2, 0) is 4.74 Å². The van der Waals surface area contributed by atoms with Crippen LogP contribution in [0.15, 0.2) is 0 Å². The molecule has 2 nitrogen and oxygen atoms in total. The second-order valence-corrected chi connectivity index (χ2v) is 4.21. The van der Waals surface area contributed by atoms with Gasteiger partial charge in [0.25, 0.3) is 0 Å². The van der Waals surface area contributed by atoms with E-state index in [1.54, 1.807) is 0 Å². The van der Waals surface area contributed by atoms with Gasteiger partial charge in [0.1, 0.15) is 17.0 Å². The molecule has 0 bridgehead atoms. The molecule has 0 radical (unpaired) electrons. The fraction of sp³-hybridized carbons (Fsp3) is 0.222. The van der Waals surface area contributed by atoms with Gasteiger partial charge in [-0.3, -0.25) is 0 Å². The second-order valence-electron chi connectivity index (χ2n) is 2.93. The maximum atomic E-state index is 13.1. The molecule has 1 aromatic rings. The van der Waals surface area contributed by atoms with E-state index in [1.807, 2.05) is 0 Å². The van der Waals surface area contributed by atoms with Crippen molar-refractivity contribution in [3.05, 3.63) is 34.6 Å². The highest BCUT2D eigenvalue weighted by Crippen LogP contribution is 2.23. The lowest BCUT2D eigenvalue weighted by molar-refractivity contribution is 0.0506. The van der Waals surface area contributed by atoms with Crippen molar-refractivity contribution in [1.29, 1.82) is 0 Å². The van der Waals surface area contributed by atoms with Crippen molar-refractivity contribution in [2.75, 3.05) is 6.61 Å². The summed E-state index contributed by atoms with van der Waals surface area (Å²) in [6.07, 6.45) is 0. The highest BCUT2D eigenvalue weighted by Gasteiger charge is 2.30. The number of carbonyl (C=O) groups is 1. The lowest BCUT2D eigenvalue weighted by Gasteiger charge is -2.08. The number of carbonyl (C=O) groups excluding carboxylic acids is 1. The standard InChI is InChI=1S/C9H3Cl2F5O2/c10-2(11)1-18-9(17)3-4(12)6(14)8(16)7(15)5(3)13/h2H,1H2. The molecule has 0 aromatic heterocycles. The van der Waals surface area contributed by atoms with E-state index in [9.17, 15) is 26.7 Å². The Hall–Kier alpha value is -1.08. The number of esters is 1.